The highest BCUT2D eigenvalue weighted by atomic mass is 79.9. The Balaban J connectivity index is 2.09. The summed E-state index contributed by atoms with van der Waals surface area (Å²) in [5.41, 5.74) is 1.09. The van der Waals surface area contributed by atoms with Crippen LogP contribution in [-0.2, 0) is 4.79 Å². The molecule has 0 aliphatic heterocycles. The van der Waals surface area contributed by atoms with Gasteiger partial charge in [-0.1, -0.05) is 15.9 Å². The molecule has 2 N–H and O–H groups in total. The van der Waals surface area contributed by atoms with Crippen LogP contribution in [-0.4, -0.2) is 21.7 Å². The van der Waals surface area contributed by atoms with Crippen LogP contribution in [0.1, 0.15) is 12.8 Å². The molecule has 0 unspecified atom stereocenters. The molecule has 0 spiro atoms. The number of hydrogen-bond acceptors (Lipinski definition) is 2. The maximum atomic E-state index is 11.8. The van der Waals surface area contributed by atoms with Crippen LogP contribution in [0.5, 0.6) is 0 Å². The van der Waals surface area contributed by atoms with Gasteiger partial charge in [0.1, 0.15) is 0 Å². The first-order chi connectivity index (χ1) is 9.06. The van der Waals surface area contributed by atoms with Crippen molar-refractivity contribution in [1.29, 1.82) is 0 Å². The van der Waals surface area contributed by atoms with Gasteiger partial charge in [0.25, 0.3) is 0 Å². The van der Waals surface area contributed by atoms with Gasteiger partial charge >= 0.3 is 6.09 Å². The third-order valence-corrected chi connectivity index (χ3v) is 3.67. The van der Waals surface area contributed by atoms with E-state index in [0.29, 0.717) is 16.6 Å². The molecule has 0 saturated heterocycles. The molecular weight excluding hydrogens is 312 g/mol. The zero-order chi connectivity index (χ0) is 13.6. The molecule has 1 aliphatic rings. The van der Waals surface area contributed by atoms with Gasteiger partial charge in [-0.3, -0.25) is 9.36 Å². The van der Waals surface area contributed by atoms with Crippen molar-refractivity contribution in [3.05, 3.63) is 28.9 Å². The molecule has 6 heteroatoms. The Bertz CT molecular complexity index is 688. The van der Waals surface area contributed by atoms with E-state index in [1.807, 2.05) is 0 Å². The average Bonchev–Trinajstić information content (AvgIpc) is 3.14. The molecule has 2 aromatic rings. The van der Waals surface area contributed by atoms with Crippen molar-refractivity contribution in [2.24, 2.45) is 5.92 Å². The summed E-state index contributed by atoms with van der Waals surface area (Å²) in [5, 5.41) is 12.7. The van der Waals surface area contributed by atoms with Crippen LogP contribution in [0, 0.1) is 5.92 Å². The molecule has 0 atom stereocenters. The molecule has 0 radical (unpaired) electrons. The van der Waals surface area contributed by atoms with Crippen molar-refractivity contribution >= 4 is 44.5 Å². The van der Waals surface area contributed by atoms with Crippen LogP contribution < -0.4 is 5.32 Å². The quantitative estimate of drug-likeness (QED) is 0.891. The minimum absolute atomic E-state index is 0.0376. The number of fused-ring (bicyclic) bond motifs is 1. The molecule has 98 valence electrons. The number of aromatic nitrogens is 1. The summed E-state index contributed by atoms with van der Waals surface area (Å²) < 4.78 is 1.95. The van der Waals surface area contributed by atoms with E-state index in [1.165, 1.54) is 6.20 Å². The first-order valence-electron chi connectivity index (χ1n) is 5.91. The van der Waals surface area contributed by atoms with Crippen LogP contribution >= 0.6 is 15.9 Å². The lowest BCUT2D eigenvalue weighted by Crippen LogP contribution is -2.13. The van der Waals surface area contributed by atoms with E-state index < -0.39 is 6.09 Å². The van der Waals surface area contributed by atoms with E-state index in [9.17, 15) is 9.59 Å². The summed E-state index contributed by atoms with van der Waals surface area (Å²) >= 11 is 3.35. The van der Waals surface area contributed by atoms with Gasteiger partial charge in [0, 0.05) is 22.0 Å². The van der Waals surface area contributed by atoms with Crippen molar-refractivity contribution in [1.82, 2.24) is 4.57 Å². The second kappa shape index (κ2) is 4.38. The van der Waals surface area contributed by atoms with Crippen molar-refractivity contribution < 1.29 is 14.7 Å². The molecule has 1 aliphatic carbocycles. The van der Waals surface area contributed by atoms with Crippen molar-refractivity contribution in [2.75, 3.05) is 5.32 Å². The minimum atomic E-state index is -1.07. The Kier molecular flexibility index (Phi) is 2.82. The fraction of sp³-hybridized carbons (Fsp3) is 0.231. The Morgan fingerprint density at radius 3 is 2.74 bits per heavy atom. The Morgan fingerprint density at radius 1 is 1.37 bits per heavy atom. The van der Waals surface area contributed by atoms with Crippen LogP contribution in [0.3, 0.4) is 0 Å². The summed E-state index contributed by atoms with van der Waals surface area (Å²) in [6, 6.07) is 5.28. The Morgan fingerprint density at radius 2 is 2.11 bits per heavy atom. The molecule has 1 amide bonds. The first-order valence-corrected chi connectivity index (χ1v) is 6.70. The SMILES string of the molecule is O=C(Nc1cn(C(=O)O)c2ccc(Br)cc12)C1CC1. The number of carbonyl (C=O) groups is 2. The van der Waals surface area contributed by atoms with E-state index in [0.717, 1.165) is 21.9 Å². The number of rotatable bonds is 2. The average molecular weight is 323 g/mol. The number of carboxylic acid groups (broad SMARTS) is 1. The van der Waals surface area contributed by atoms with Gasteiger partial charge in [0.15, 0.2) is 0 Å². The van der Waals surface area contributed by atoms with Crippen LogP contribution in [0.4, 0.5) is 10.5 Å². The number of nitrogens with zero attached hydrogens (tertiary/aromatic N) is 1. The number of hydrogen-bond donors (Lipinski definition) is 2. The number of halogens is 1. The second-order valence-corrected chi connectivity index (χ2v) is 5.54. The monoisotopic (exact) mass is 322 g/mol. The molecule has 0 bridgehead atoms. The van der Waals surface area contributed by atoms with E-state index in [4.69, 9.17) is 5.11 Å². The van der Waals surface area contributed by atoms with Crippen molar-refractivity contribution in [3.8, 4) is 0 Å². The van der Waals surface area contributed by atoms with E-state index in [1.54, 1.807) is 18.2 Å². The summed E-state index contributed by atoms with van der Waals surface area (Å²) in [4.78, 5) is 23.0. The second-order valence-electron chi connectivity index (χ2n) is 4.62. The third-order valence-electron chi connectivity index (χ3n) is 3.18. The van der Waals surface area contributed by atoms with E-state index in [-0.39, 0.29) is 11.8 Å². The van der Waals surface area contributed by atoms with Crippen molar-refractivity contribution in [2.45, 2.75) is 12.8 Å². The summed E-state index contributed by atoms with van der Waals surface area (Å²) in [6.45, 7) is 0. The molecule has 5 nitrogen and oxygen atoms in total. The molecule has 1 aromatic heterocycles. The van der Waals surface area contributed by atoms with Gasteiger partial charge in [0.05, 0.1) is 11.2 Å². The lowest BCUT2D eigenvalue weighted by molar-refractivity contribution is -0.117. The summed E-state index contributed by atoms with van der Waals surface area (Å²) in [5.74, 6) is 0.0415. The van der Waals surface area contributed by atoms with Gasteiger partial charge in [0.2, 0.25) is 5.91 Å². The zero-order valence-electron chi connectivity index (χ0n) is 9.89. The van der Waals surface area contributed by atoms with E-state index >= 15 is 0 Å². The topological polar surface area (TPSA) is 71.3 Å². The van der Waals surface area contributed by atoms with Gasteiger partial charge in [-0.25, -0.2) is 4.79 Å². The van der Waals surface area contributed by atoms with Gasteiger partial charge in [-0.15, -0.1) is 0 Å². The van der Waals surface area contributed by atoms with Crippen LogP contribution in [0.25, 0.3) is 10.9 Å². The number of carbonyl (C=O) groups excluding carboxylic acids is 1. The minimum Gasteiger partial charge on any atom is -0.464 e. The highest BCUT2D eigenvalue weighted by Crippen LogP contribution is 2.33. The fourth-order valence-electron chi connectivity index (χ4n) is 2.04. The van der Waals surface area contributed by atoms with Gasteiger partial charge in [-0.2, -0.15) is 0 Å². The molecule has 1 heterocycles. The Hall–Kier alpha value is -1.82. The zero-order valence-corrected chi connectivity index (χ0v) is 11.5. The smallest absolute Gasteiger partial charge is 0.416 e. The third kappa shape index (κ3) is 2.23. The first kappa shape index (κ1) is 12.2. The predicted molar refractivity (Wildman–Crippen MR) is 74.4 cm³/mol. The maximum Gasteiger partial charge on any atom is 0.416 e. The highest BCUT2D eigenvalue weighted by molar-refractivity contribution is 9.10. The fourth-order valence-corrected chi connectivity index (χ4v) is 2.40. The molecule has 19 heavy (non-hydrogen) atoms. The highest BCUT2D eigenvalue weighted by Gasteiger charge is 2.30. The molecule has 1 saturated carbocycles. The lowest BCUT2D eigenvalue weighted by atomic mass is 10.2. The van der Waals surface area contributed by atoms with Crippen molar-refractivity contribution in [3.63, 3.8) is 0 Å². The molecular formula is C13H11BrN2O3. The largest absolute Gasteiger partial charge is 0.464 e. The number of benzene rings is 1. The molecule has 1 aromatic carbocycles. The summed E-state index contributed by atoms with van der Waals surface area (Å²) in [6.07, 6.45) is 2.19. The lowest BCUT2D eigenvalue weighted by Gasteiger charge is -2.01. The molecule has 3 rings (SSSR count). The van der Waals surface area contributed by atoms with Crippen LogP contribution in [0.15, 0.2) is 28.9 Å². The Labute approximate surface area is 117 Å². The maximum absolute atomic E-state index is 11.8. The van der Waals surface area contributed by atoms with E-state index in [2.05, 4.69) is 21.2 Å². The van der Waals surface area contributed by atoms with Gasteiger partial charge < -0.3 is 10.4 Å². The molecule has 1 fully saturated rings. The number of nitrogens with one attached hydrogen (secondary N) is 1. The summed E-state index contributed by atoms with van der Waals surface area (Å²) in [7, 11) is 0. The van der Waals surface area contributed by atoms with Crippen LogP contribution in [0.2, 0.25) is 0 Å². The standard InChI is InChI=1S/C13H11BrN2O3/c14-8-3-4-11-9(5-8)10(6-16(11)13(18)19)15-12(17)7-1-2-7/h3-7H,1-2H2,(H,15,17)(H,18,19). The normalized spacial score (nSPS) is 14.6. The predicted octanol–water partition coefficient (Wildman–Crippen LogP) is 3.28. The number of amides is 1. The number of anilines is 1. The van der Waals surface area contributed by atoms with Gasteiger partial charge in [-0.05, 0) is 31.0 Å².